The molecule has 0 aromatic rings. The molecule has 0 aliphatic heterocycles. The van der Waals surface area contributed by atoms with E-state index in [9.17, 15) is 0 Å². The third kappa shape index (κ3) is 15.8. The van der Waals surface area contributed by atoms with E-state index in [1.807, 2.05) is 7.05 Å². The first kappa shape index (κ1) is 17.8. The van der Waals surface area contributed by atoms with Gasteiger partial charge in [0.2, 0.25) is 0 Å². The van der Waals surface area contributed by atoms with E-state index in [1.54, 1.807) is 7.11 Å². The van der Waals surface area contributed by atoms with Crippen LogP contribution in [-0.2, 0) is 14.2 Å². The highest BCUT2D eigenvalue weighted by Gasteiger charge is 1.91. The van der Waals surface area contributed by atoms with Crippen LogP contribution in [0.3, 0.4) is 0 Å². The molecule has 0 saturated heterocycles. The fraction of sp³-hybridized carbons (Fsp3) is 1.00. The van der Waals surface area contributed by atoms with Crippen molar-refractivity contribution in [2.24, 2.45) is 0 Å². The monoisotopic (exact) mass is 263 g/mol. The summed E-state index contributed by atoms with van der Waals surface area (Å²) in [6.45, 7) is 8.13. The summed E-state index contributed by atoms with van der Waals surface area (Å²) in [5, 5.41) is 9.52. The molecule has 6 heteroatoms. The zero-order chi connectivity index (χ0) is 13.3. The fourth-order valence-corrected chi connectivity index (χ4v) is 1.24. The standard InChI is InChI=1S/C12H29N3O3/c1-13-3-9-17-10-6-15-7-12-18-11-5-14-4-8-16-2/h13-15H,3-12H2,1-2H3. The third-order valence-corrected chi connectivity index (χ3v) is 2.25. The normalized spacial score (nSPS) is 11.0. The maximum Gasteiger partial charge on any atom is 0.0591 e. The number of nitrogens with one attached hydrogen (secondary N) is 3. The van der Waals surface area contributed by atoms with Gasteiger partial charge in [0.25, 0.3) is 0 Å². The summed E-state index contributed by atoms with van der Waals surface area (Å²) in [5.74, 6) is 0. The first-order chi connectivity index (χ1) is 8.91. The van der Waals surface area contributed by atoms with Gasteiger partial charge in [-0.1, -0.05) is 0 Å². The van der Waals surface area contributed by atoms with Crippen molar-refractivity contribution in [2.45, 2.75) is 0 Å². The molecule has 0 spiro atoms. The number of rotatable bonds is 15. The van der Waals surface area contributed by atoms with Gasteiger partial charge >= 0.3 is 0 Å². The average molecular weight is 263 g/mol. The van der Waals surface area contributed by atoms with Crippen LogP contribution in [0.5, 0.6) is 0 Å². The summed E-state index contributed by atoms with van der Waals surface area (Å²) in [6, 6.07) is 0. The Bertz CT molecular complexity index is 135. The molecule has 0 aromatic heterocycles. The smallest absolute Gasteiger partial charge is 0.0591 e. The minimum atomic E-state index is 0.739. The molecule has 0 aliphatic rings. The van der Waals surface area contributed by atoms with Crippen LogP contribution in [0.1, 0.15) is 0 Å². The summed E-state index contributed by atoms with van der Waals surface area (Å²) in [6.07, 6.45) is 0. The second kappa shape index (κ2) is 16.8. The summed E-state index contributed by atoms with van der Waals surface area (Å²) < 4.78 is 15.7. The van der Waals surface area contributed by atoms with E-state index in [0.717, 1.165) is 65.8 Å². The van der Waals surface area contributed by atoms with Crippen molar-refractivity contribution in [3.05, 3.63) is 0 Å². The van der Waals surface area contributed by atoms with Crippen LogP contribution in [-0.4, -0.2) is 79.9 Å². The molecule has 0 saturated carbocycles. The SMILES string of the molecule is CNCCOCCNCCOCCNCCOC. The van der Waals surface area contributed by atoms with Gasteiger partial charge in [0, 0.05) is 39.8 Å². The molecule has 3 N–H and O–H groups in total. The molecular formula is C12H29N3O3. The average Bonchev–Trinajstić information content (AvgIpc) is 2.39. The van der Waals surface area contributed by atoms with Gasteiger partial charge in [0.05, 0.1) is 33.0 Å². The molecular weight excluding hydrogens is 234 g/mol. The minimum absolute atomic E-state index is 0.739. The number of likely N-dealkylation sites (N-methyl/N-ethyl adjacent to an activating group) is 1. The number of ether oxygens (including phenoxy) is 3. The Morgan fingerprint density at radius 2 is 1.11 bits per heavy atom. The second-order valence-corrected chi connectivity index (χ2v) is 3.82. The van der Waals surface area contributed by atoms with Gasteiger partial charge in [-0.25, -0.2) is 0 Å². The van der Waals surface area contributed by atoms with Crippen LogP contribution < -0.4 is 16.0 Å². The van der Waals surface area contributed by atoms with Crippen molar-refractivity contribution < 1.29 is 14.2 Å². The lowest BCUT2D eigenvalue weighted by Crippen LogP contribution is -2.27. The van der Waals surface area contributed by atoms with E-state index in [1.165, 1.54) is 0 Å². The van der Waals surface area contributed by atoms with Gasteiger partial charge in [0.15, 0.2) is 0 Å². The lowest BCUT2D eigenvalue weighted by Gasteiger charge is -2.07. The summed E-state index contributed by atoms with van der Waals surface area (Å²) in [4.78, 5) is 0. The molecule has 0 radical (unpaired) electrons. The van der Waals surface area contributed by atoms with Crippen LogP contribution in [0.2, 0.25) is 0 Å². The topological polar surface area (TPSA) is 63.8 Å². The Balaban J connectivity index is 2.86. The molecule has 0 fully saturated rings. The first-order valence-corrected chi connectivity index (χ1v) is 6.62. The van der Waals surface area contributed by atoms with E-state index in [-0.39, 0.29) is 0 Å². The Kier molecular flexibility index (Phi) is 16.5. The van der Waals surface area contributed by atoms with Crippen molar-refractivity contribution in [3.63, 3.8) is 0 Å². The van der Waals surface area contributed by atoms with Gasteiger partial charge < -0.3 is 30.2 Å². The van der Waals surface area contributed by atoms with Crippen molar-refractivity contribution in [3.8, 4) is 0 Å². The zero-order valence-electron chi connectivity index (χ0n) is 11.8. The molecule has 0 heterocycles. The Morgan fingerprint density at radius 1 is 0.667 bits per heavy atom. The van der Waals surface area contributed by atoms with E-state index < -0.39 is 0 Å². The predicted octanol–water partition coefficient (Wildman–Crippen LogP) is -0.935. The highest BCUT2D eigenvalue weighted by molar-refractivity contribution is 4.48. The lowest BCUT2D eigenvalue weighted by atomic mass is 10.6. The molecule has 0 unspecified atom stereocenters. The van der Waals surface area contributed by atoms with Gasteiger partial charge in [-0.05, 0) is 7.05 Å². The molecule has 0 atom stereocenters. The summed E-state index contributed by atoms with van der Waals surface area (Å²) >= 11 is 0. The highest BCUT2D eigenvalue weighted by atomic mass is 16.5. The Labute approximate surface area is 111 Å². The maximum absolute atomic E-state index is 5.44. The summed E-state index contributed by atoms with van der Waals surface area (Å²) in [5.41, 5.74) is 0. The van der Waals surface area contributed by atoms with Gasteiger partial charge in [0.1, 0.15) is 0 Å². The molecule has 0 aromatic carbocycles. The molecule has 0 amide bonds. The lowest BCUT2D eigenvalue weighted by molar-refractivity contribution is 0.122. The predicted molar refractivity (Wildman–Crippen MR) is 73.2 cm³/mol. The second-order valence-electron chi connectivity index (χ2n) is 3.82. The van der Waals surface area contributed by atoms with E-state index >= 15 is 0 Å². The molecule has 18 heavy (non-hydrogen) atoms. The molecule has 0 bridgehead atoms. The van der Waals surface area contributed by atoms with Gasteiger partial charge in [-0.15, -0.1) is 0 Å². The molecule has 0 rings (SSSR count). The van der Waals surface area contributed by atoms with E-state index in [4.69, 9.17) is 14.2 Å². The van der Waals surface area contributed by atoms with Crippen LogP contribution in [0.4, 0.5) is 0 Å². The van der Waals surface area contributed by atoms with Crippen molar-refractivity contribution in [2.75, 3.05) is 79.9 Å². The van der Waals surface area contributed by atoms with Crippen molar-refractivity contribution in [1.29, 1.82) is 0 Å². The quantitative estimate of drug-likeness (QED) is 0.332. The zero-order valence-corrected chi connectivity index (χ0v) is 11.8. The van der Waals surface area contributed by atoms with Crippen LogP contribution in [0.15, 0.2) is 0 Å². The number of hydrogen-bond acceptors (Lipinski definition) is 6. The van der Waals surface area contributed by atoms with Crippen LogP contribution >= 0.6 is 0 Å². The van der Waals surface area contributed by atoms with E-state index in [2.05, 4.69) is 16.0 Å². The fourth-order valence-electron chi connectivity index (χ4n) is 1.24. The minimum Gasteiger partial charge on any atom is -0.383 e. The largest absolute Gasteiger partial charge is 0.383 e. The third-order valence-electron chi connectivity index (χ3n) is 2.25. The van der Waals surface area contributed by atoms with Crippen molar-refractivity contribution in [1.82, 2.24) is 16.0 Å². The van der Waals surface area contributed by atoms with Crippen molar-refractivity contribution >= 4 is 0 Å². The van der Waals surface area contributed by atoms with Crippen LogP contribution in [0.25, 0.3) is 0 Å². The maximum atomic E-state index is 5.44. The Hall–Kier alpha value is -0.240. The summed E-state index contributed by atoms with van der Waals surface area (Å²) in [7, 11) is 3.62. The van der Waals surface area contributed by atoms with Gasteiger partial charge in [-0.2, -0.15) is 0 Å². The number of hydrogen-bond donors (Lipinski definition) is 3. The molecule has 6 nitrogen and oxygen atoms in total. The van der Waals surface area contributed by atoms with Crippen LogP contribution in [0, 0.1) is 0 Å². The number of methoxy groups -OCH3 is 1. The highest BCUT2D eigenvalue weighted by Crippen LogP contribution is 1.75. The van der Waals surface area contributed by atoms with E-state index in [0.29, 0.717) is 0 Å². The Morgan fingerprint density at radius 3 is 1.56 bits per heavy atom. The molecule has 110 valence electrons. The van der Waals surface area contributed by atoms with Gasteiger partial charge in [-0.3, -0.25) is 0 Å². The first-order valence-electron chi connectivity index (χ1n) is 6.62. The molecule has 0 aliphatic carbocycles.